The van der Waals surface area contributed by atoms with Gasteiger partial charge in [-0.2, -0.15) is 0 Å². The highest BCUT2D eigenvalue weighted by Gasteiger charge is 2.27. The van der Waals surface area contributed by atoms with Crippen molar-refractivity contribution in [2.75, 3.05) is 6.61 Å². The van der Waals surface area contributed by atoms with Gasteiger partial charge in [0.2, 0.25) is 0 Å². The Kier molecular flexibility index (Phi) is 9.88. The van der Waals surface area contributed by atoms with Crippen LogP contribution in [0, 0.1) is 0 Å². The number of unbranched alkanes of at least 4 members (excludes halogenated alkanes) is 2. The number of ketones is 1. The van der Waals surface area contributed by atoms with Crippen LogP contribution in [0.15, 0.2) is 42.5 Å². The van der Waals surface area contributed by atoms with Crippen LogP contribution in [0.4, 0.5) is 0 Å². The molecule has 0 fully saturated rings. The van der Waals surface area contributed by atoms with Gasteiger partial charge in [0.1, 0.15) is 0 Å². The first-order valence-corrected chi connectivity index (χ1v) is 12.7. The van der Waals surface area contributed by atoms with Gasteiger partial charge in [-0.1, -0.05) is 43.7 Å². The fraction of sp³-hybridized carbons (Fsp3) is 0.500. The molecule has 4 N–H and O–H groups in total. The molecular weight excluding hydrogens is 421 g/mol. The third-order valence-corrected chi connectivity index (χ3v) is 6.89. The zero-order valence-corrected chi connectivity index (χ0v) is 19.2. The number of Topliss-reactive ketones (excluding diaryl/α,β-unsaturated/α-hetero) is 1. The molecule has 1 heterocycles. The van der Waals surface area contributed by atoms with Crippen LogP contribution in [0.5, 0.6) is 0 Å². The lowest BCUT2D eigenvalue weighted by atomic mass is 9.92. The molecule has 0 aliphatic heterocycles. The molecular formula is C22H32NO5PS. The number of thiophene rings is 1. The van der Waals surface area contributed by atoms with E-state index in [1.165, 1.54) is 16.9 Å². The smallest absolute Gasteiger partial charge is 0.323 e. The summed E-state index contributed by atoms with van der Waals surface area (Å²) in [5.74, 6) is 0.172. The fourth-order valence-electron chi connectivity index (χ4n) is 3.16. The molecule has 1 unspecified atom stereocenters. The first-order chi connectivity index (χ1) is 14.2. The highest BCUT2D eigenvalue weighted by atomic mass is 32.1. The first-order valence-electron chi connectivity index (χ1n) is 10.4. The third kappa shape index (κ3) is 9.21. The Balaban J connectivity index is 1.72. The highest BCUT2D eigenvalue weighted by molar-refractivity contribution is 7.46. The molecule has 8 heteroatoms. The Morgan fingerprint density at radius 3 is 2.50 bits per heavy atom. The highest BCUT2D eigenvalue weighted by Crippen LogP contribution is 2.37. The van der Waals surface area contributed by atoms with Gasteiger partial charge in [-0.05, 0) is 56.2 Å². The molecule has 0 amide bonds. The summed E-state index contributed by atoms with van der Waals surface area (Å²) >= 11 is 1.48. The van der Waals surface area contributed by atoms with Crippen molar-refractivity contribution in [3.05, 3.63) is 57.8 Å². The van der Waals surface area contributed by atoms with Crippen LogP contribution in [0.2, 0.25) is 0 Å². The van der Waals surface area contributed by atoms with Crippen LogP contribution < -0.4 is 5.73 Å². The van der Waals surface area contributed by atoms with E-state index >= 15 is 0 Å². The molecule has 6 nitrogen and oxygen atoms in total. The van der Waals surface area contributed by atoms with E-state index in [9.17, 15) is 9.36 Å². The lowest BCUT2D eigenvalue weighted by Gasteiger charge is -2.27. The SMILES string of the molecule is CCC(N)(CCc1ccc(C(=O)CCCCCc2ccccc2)s1)COP(=O)(O)O. The summed E-state index contributed by atoms with van der Waals surface area (Å²) in [6.07, 6.45) is 6.31. The van der Waals surface area contributed by atoms with Crippen LogP contribution in [0.25, 0.3) is 0 Å². The van der Waals surface area contributed by atoms with E-state index in [4.69, 9.17) is 15.5 Å². The van der Waals surface area contributed by atoms with Gasteiger partial charge in [0.25, 0.3) is 0 Å². The average molecular weight is 454 g/mol. The third-order valence-electron chi connectivity index (χ3n) is 5.24. The number of hydrogen-bond donors (Lipinski definition) is 3. The molecule has 1 atom stereocenters. The molecule has 1 aromatic heterocycles. The molecule has 0 aliphatic carbocycles. The van der Waals surface area contributed by atoms with Crippen LogP contribution in [0.3, 0.4) is 0 Å². The largest absolute Gasteiger partial charge is 0.469 e. The number of carbonyl (C=O) groups is 1. The first kappa shape index (κ1) is 24.9. The minimum atomic E-state index is -4.54. The van der Waals surface area contributed by atoms with Gasteiger partial charge in [0.15, 0.2) is 5.78 Å². The molecule has 1 aromatic carbocycles. The van der Waals surface area contributed by atoms with Crippen molar-refractivity contribution in [3.8, 4) is 0 Å². The molecule has 166 valence electrons. The summed E-state index contributed by atoms with van der Waals surface area (Å²) in [6.45, 7) is 1.66. The van der Waals surface area contributed by atoms with Gasteiger partial charge in [0.05, 0.1) is 11.5 Å². The van der Waals surface area contributed by atoms with Gasteiger partial charge in [-0.15, -0.1) is 11.3 Å². The quantitative estimate of drug-likeness (QED) is 0.214. The predicted molar refractivity (Wildman–Crippen MR) is 121 cm³/mol. The van der Waals surface area contributed by atoms with E-state index in [-0.39, 0.29) is 12.4 Å². The Morgan fingerprint density at radius 2 is 1.83 bits per heavy atom. The summed E-state index contributed by atoms with van der Waals surface area (Å²) in [6, 6.07) is 14.2. The van der Waals surface area contributed by atoms with Crippen molar-refractivity contribution in [1.82, 2.24) is 0 Å². The summed E-state index contributed by atoms with van der Waals surface area (Å²) < 4.78 is 15.5. The van der Waals surface area contributed by atoms with Crippen molar-refractivity contribution in [1.29, 1.82) is 0 Å². The Labute approximate surface area is 182 Å². The molecule has 0 bridgehead atoms. The molecule has 0 saturated carbocycles. The number of aryl methyl sites for hydroxylation is 2. The number of phosphoric ester groups is 1. The Bertz CT molecular complexity index is 835. The number of carbonyl (C=O) groups excluding carboxylic acids is 1. The van der Waals surface area contributed by atoms with Crippen molar-refractivity contribution in [2.45, 2.75) is 63.8 Å². The van der Waals surface area contributed by atoms with Crippen LogP contribution in [0.1, 0.15) is 65.6 Å². The van der Waals surface area contributed by atoms with Gasteiger partial charge >= 0.3 is 7.82 Å². The molecule has 0 spiro atoms. The second-order valence-corrected chi connectivity index (χ2v) is 10.1. The average Bonchev–Trinajstić information content (AvgIpc) is 3.20. The minimum absolute atomic E-state index is 0.172. The lowest BCUT2D eigenvalue weighted by molar-refractivity contribution is 0.0983. The van der Waals surface area contributed by atoms with Crippen LogP contribution in [-0.4, -0.2) is 27.7 Å². The number of rotatable bonds is 14. The van der Waals surface area contributed by atoms with Gasteiger partial charge in [0, 0.05) is 16.8 Å². The number of hydrogen-bond acceptors (Lipinski definition) is 5. The normalized spacial score (nSPS) is 13.9. The van der Waals surface area contributed by atoms with E-state index in [1.54, 1.807) is 0 Å². The van der Waals surface area contributed by atoms with Gasteiger partial charge in [-0.25, -0.2) is 4.57 Å². The summed E-state index contributed by atoms with van der Waals surface area (Å²) in [4.78, 5) is 32.0. The Morgan fingerprint density at radius 1 is 1.10 bits per heavy atom. The van der Waals surface area contributed by atoms with Gasteiger partial charge < -0.3 is 15.5 Å². The summed E-state index contributed by atoms with van der Waals surface area (Å²) in [7, 11) is -4.54. The predicted octanol–water partition coefficient (Wildman–Crippen LogP) is 4.88. The molecule has 2 rings (SSSR count). The van der Waals surface area contributed by atoms with Crippen molar-refractivity contribution >= 4 is 24.9 Å². The summed E-state index contributed by atoms with van der Waals surface area (Å²) in [5.41, 5.74) is 6.75. The topological polar surface area (TPSA) is 110 Å². The number of nitrogens with two attached hydrogens (primary N) is 1. The number of benzene rings is 1. The zero-order chi connectivity index (χ0) is 22.0. The second kappa shape index (κ2) is 11.9. The standard InChI is InChI=1S/C22H32NO5PS/c1-2-22(23,17-28-29(25,26)27)16-15-19-13-14-21(30-19)20(24)12-8-4-7-11-18-9-5-3-6-10-18/h3,5-6,9-10,13-14H,2,4,7-8,11-12,15-17,23H2,1H3,(H2,25,26,27). The van der Waals surface area contributed by atoms with Crippen LogP contribution >= 0.6 is 19.2 Å². The molecule has 0 radical (unpaired) electrons. The summed E-state index contributed by atoms with van der Waals surface area (Å²) in [5, 5.41) is 0. The minimum Gasteiger partial charge on any atom is -0.323 e. The van der Waals surface area contributed by atoms with E-state index < -0.39 is 13.4 Å². The molecule has 0 aliphatic rings. The maximum absolute atomic E-state index is 12.4. The fourth-order valence-corrected chi connectivity index (χ4v) is 4.56. The van der Waals surface area contributed by atoms with Gasteiger partial charge in [-0.3, -0.25) is 9.32 Å². The monoisotopic (exact) mass is 453 g/mol. The molecule has 30 heavy (non-hydrogen) atoms. The maximum Gasteiger partial charge on any atom is 0.469 e. The van der Waals surface area contributed by atoms with Crippen molar-refractivity contribution in [2.24, 2.45) is 5.73 Å². The number of phosphoric acid groups is 1. The van der Waals surface area contributed by atoms with Crippen molar-refractivity contribution in [3.63, 3.8) is 0 Å². The van der Waals surface area contributed by atoms with E-state index in [0.29, 0.717) is 25.7 Å². The zero-order valence-electron chi connectivity index (χ0n) is 17.5. The Hall–Kier alpha value is -1.34. The van der Waals surface area contributed by atoms with Crippen molar-refractivity contribution < 1.29 is 23.7 Å². The second-order valence-electron chi connectivity index (χ2n) is 7.72. The molecule has 2 aromatic rings. The lowest BCUT2D eigenvalue weighted by Crippen LogP contribution is -2.44. The van der Waals surface area contributed by atoms with Crippen LogP contribution in [-0.2, 0) is 21.9 Å². The van der Waals surface area contributed by atoms with E-state index in [2.05, 4.69) is 16.7 Å². The maximum atomic E-state index is 12.4. The van der Waals surface area contributed by atoms with E-state index in [0.717, 1.165) is 35.4 Å². The van der Waals surface area contributed by atoms with E-state index in [1.807, 2.05) is 37.3 Å². The molecule has 0 saturated heterocycles.